The molecule has 0 saturated carbocycles. The maximum Gasteiger partial charge on any atom is 0.165 e. The second-order valence-electron chi connectivity index (χ2n) is 6.22. The molecule has 0 unspecified atom stereocenters. The smallest absolute Gasteiger partial charge is 0.165 e. The number of ether oxygens (including phenoxy) is 2. The van der Waals surface area contributed by atoms with Crippen molar-refractivity contribution in [2.45, 2.75) is 38.4 Å². The summed E-state index contributed by atoms with van der Waals surface area (Å²) in [5.41, 5.74) is 1.22. The van der Waals surface area contributed by atoms with Crippen molar-refractivity contribution in [3.63, 3.8) is 0 Å². The minimum atomic E-state index is 0.593. The standard InChI is InChI=1S/C17H26N2O2/c1-13-10-18-9-5-7-15(18)12-19(13)11-14-6-4-8-16(20-2)17(14)21-3/h4,6,8,13,15H,5,7,9-12H2,1-3H3/t13-,15-/m1/s1. The van der Waals surface area contributed by atoms with Crippen LogP contribution < -0.4 is 9.47 Å². The van der Waals surface area contributed by atoms with Gasteiger partial charge >= 0.3 is 0 Å². The Morgan fingerprint density at radius 1 is 1.19 bits per heavy atom. The Labute approximate surface area is 127 Å². The monoisotopic (exact) mass is 290 g/mol. The third-order valence-electron chi connectivity index (χ3n) is 4.92. The molecule has 2 heterocycles. The van der Waals surface area contributed by atoms with Crippen molar-refractivity contribution in [2.24, 2.45) is 0 Å². The molecule has 2 saturated heterocycles. The fraction of sp³-hybridized carbons (Fsp3) is 0.647. The molecule has 2 aliphatic heterocycles. The molecular formula is C17H26N2O2. The van der Waals surface area contributed by atoms with Crippen molar-refractivity contribution in [2.75, 3.05) is 33.9 Å². The highest BCUT2D eigenvalue weighted by molar-refractivity contribution is 5.46. The molecule has 0 amide bonds. The average Bonchev–Trinajstić information content (AvgIpc) is 2.94. The summed E-state index contributed by atoms with van der Waals surface area (Å²) < 4.78 is 11.0. The van der Waals surface area contributed by atoms with E-state index >= 15 is 0 Å². The lowest BCUT2D eigenvalue weighted by molar-refractivity contribution is 0.0534. The van der Waals surface area contributed by atoms with Crippen LogP contribution in [0, 0.1) is 0 Å². The molecule has 0 spiro atoms. The molecule has 0 radical (unpaired) electrons. The molecule has 21 heavy (non-hydrogen) atoms. The second kappa shape index (κ2) is 6.24. The number of piperazine rings is 1. The van der Waals surface area contributed by atoms with Gasteiger partial charge in [-0.15, -0.1) is 0 Å². The summed E-state index contributed by atoms with van der Waals surface area (Å²) in [7, 11) is 3.42. The molecule has 4 nitrogen and oxygen atoms in total. The number of hydrogen-bond acceptors (Lipinski definition) is 4. The first-order valence-electron chi connectivity index (χ1n) is 7.91. The normalized spacial score (nSPS) is 26.6. The van der Waals surface area contributed by atoms with E-state index in [2.05, 4.69) is 22.8 Å². The summed E-state index contributed by atoms with van der Waals surface area (Å²) in [5, 5.41) is 0. The van der Waals surface area contributed by atoms with Gasteiger partial charge < -0.3 is 9.47 Å². The SMILES string of the molecule is COc1cccc(CN2C[C@H]3CCCN3C[C@H]2C)c1OC. The summed E-state index contributed by atoms with van der Waals surface area (Å²) >= 11 is 0. The van der Waals surface area contributed by atoms with Crippen molar-refractivity contribution in [3.8, 4) is 11.5 Å². The first-order chi connectivity index (χ1) is 10.2. The van der Waals surface area contributed by atoms with E-state index in [9.17, 15) is 0 Å². The van der Waals surface area contributed by atoms with Crippen molar-refractivity contribution in [3.05, 3.63) is 23.8 Å². The molecule has 1 aromatic carbocycles. The molecule has 2 fully saturated rings. The van der Waals surface area contributed by atoms with E-state index in [1.165, 1.54) is 38.0 Å². The minimum absolute atomic E-state index is 0.593. The van der Waals surface area contributed by atoms with E-state index in [1.54, 1.807) is 14.2 Å². The van der Waals surface area contributed by atoms with Gasteiger partial charge in [0.15, 0.2) is 11.5 Å². The molecule has 0 bridgehead atoms. The minimum Gasteiger partial charge on any atom is -0.493 e. The fourth-order valence-electron chi connectivity index (χ4n) is 3.77. The van der Waals surface area contributed by atoms with E-state index in [4.69, 9.17) is 9.47 Å². The summed E-state index contributed by atoms with van der Waals surface area (Å²) in [6.45, 7) is 6.91. The van der Waals surface area contributed by atoms with E-state index in [-0.39, 0.29) is 0 Å². The van der Waals surface area contributed by atoms with Crippen molar-refractivity contribution in [1.82, 2.24) is 9.80 Å². The Kier molecular flexibility index (Phi) is 4.36. The predicted molar refractivity (Wildman–Crippen MR) is 84.0 cm³/mol. The van der Waals surface area contributed by atoms with Crippen molar-refractivity contribution >= 4 is 0 Å². The van der Waals surface area contributed by atoms with Gasteiger partial charge in [-0.3, -0.25) is 9.80 Å². The summed E-state index contributed by atoms with van der Waals surface area (Å²) in [6.07, 6.45) is 2.70. The van der Waals surface area contributed by atoms with E-state index in [0.717, 1.165) is 24.1 Å². The molecule has 4 heteroatoms. The molecule has 2 atom stereocenters. The molecule has 2 aliphatic rings. The number of hydrogen-bond donors (Lipinski definition) is 0. The highest BCUT2D eigenvalue weighted by atomic mass is 16.5. The molecule has 0 aromatic heterocycles. The predicted octanol–water partition coefficient (Wildman–Crippen LogP) is 2.37. The van der Waals surface area contributed by atoms with Gasteiger partial charge in [0, 0.05) is 37.3 Å². The third-order valence-corrected chi connectivity index (χ3v) is 4.92. The molecule has 3 rings (SSSR count). The van der Waals surface area contributed by atoms with Gasteiger partial charge in [0.2, 0.25) is 0 Å². The van der Waals surface area contributed by atoms with Gasteiger partial charge in [-0.2, -0.15) is 0 Å². The quantitative estimate of drug-likeness (QED) is 0.850. The summed E-state index contributed by atoms with van der Waals surface area (Å²) in [6, 6.07) is 7.50. The Morgan fingerprint density at radius 2 is 2.05 bits per heavy atom. The van der Waals surface area contributed by atoms with Crippen LogP contribution in [0.15, 0.2) is 18.2 Å². The zero-order valence-corrected chi connectivity index (χ0v) is 13.3. The number of rotatable bonds is 4. The fourth-order valence-corrected chi connectivity index (χ4v) is 3.77. The largest absolute Gasteiger partial charge is 0.493 e. The van der Waals surface area contributed by atoms with Crippen LogP contribution >= 0.6 is 0 Å². The molecule has 1 aromatic rings. The maximum absolute atomic E-state index is 5.57. The zero-order chi connectivity index (χ0) is 14.8. The highest BCUT2D eigenvalue weighted by Gasteiger charge is 2.34. The van der Waals surface area contributed by atoms with Gasteiger partial charge in [0.25, 0.3) is 0 Å². The number of benzene rings is 1. The lowest BCUT2D eigenvalue weighted by atomic mass is 10.1. The Hall–Kier alpha value is -1.26. The average molecular weight is 290 g/mol. The number of fused-ring (bicyclic) bond motifs is 1. The van der Waals surface area contributed by atoms with Crippen LogP contribution in [-0.2, 0) is 6.54 Å². The topological polar surface area (TPSA) is 24.9 Å². The van der Waals surface area contributed by atoms with Crippen LogP contribution in [0.4, 0.5) is 0 Å². The van der Waals surface area contributed by atoms with Crippen LogP contribution in [0.1, 0.15) is 25.3 Å². The number of nitrogens with zero attached hydrogens (tertiary/aromatic N) is 2. The van der Waals surface area contributed by atoms with Crippen molar-refractivity contribution < 1.29 is 9.47 Å². The molecule has 0 aliphatic carbocycles. The molecule has 116 valence electrons. The van der Waals surface area contributed by atoms with Gasteiger partial charge in [-0.1, -0.05) is 12.1 Å². The van der Waals surface area contributed by atoms with Gasteiger partial charge in [-0.05, 0) is 32.4 Å². The maximum atomic E-state index is 5.57. The van der Waals surface area contributed by atoms with Gasteiger partial charge in [-0.25, -0.2) is 0 Å². The van der Waals surface area contributed by atoms with E-state index in [1.807, 2.05) is 12.1 Å². The van der Waals surface area contributed by atoms with Gasteiger partial charge in [0.1, 0.15) is 0 Å². The second-order valence-corrected chi connectivity index (χ2v) is 6.22. The van der Waals surface area contributed by atoms with Crippen LogP contribution in [0.5, 0.6) is 11.5 Å². The Bertz CT molecular complexity index is 492. The number of para-hydroxylation sites is 1. The molecule has 0 N–H and O–H groups in total. The third kappa shape index (κ3) is 2.87. The summed E-state index contributed by atoms with van der Waals surface area (Å²) in [4.78, 5) is 5.24. The zero-order valence-electron chi connectivity index (χ0n) is 13.3. The van der Waals surface area contributed by atoms with Crippen LogP contribution in [-0.4, -0.2) is 55.7 Å². The Balaban J connectivity index is 1.76. The highest BCUT2D eigenvalue weighted by Crippen LogP contribution is 2.33. The van der Waals surface area contributed by atoms with Crippen LogP contribution in [0.25, 0.3) is 0 Å². The van der Waals surface area contributed by atoms with Crippen LogP contribution in [0.2, 0.25) is 0 Å². The number of methoxy groups -OCH3 is 2. The Morgan fingerprint density at radius 3 is 2.81 bits per heavy atom. The molecular weight excluding hydrogens is 264 g/mol. The van der Waals surface area contributed by atoms with E-state index < -0.39 is 0 Å². The first kappa shape index (κ1) is 14.7. The van der Waals surface area contributed by atoms with Crippen molar-refractivity contribution in [1.29, 1.82) is 0 Å². The lowest BCUT2D eigenvalue weighted by Gasteiger charge is -2.42. The first-order valence-corrected chi connectivity index (χ1v) is 7.91. The summed E-state index contributed by atoms with van der Waals surface area (Å²) in [5.74, 6) is 1.70. The lowest BCUT2D eigenvalue weighted by Crippen LogP contribution is -2.54. The van der Waals surface area contributed by atoms with Gasteiger partial charge in [0.05, 0.1) is 14.2 Å². The van der Waals surface area contributed by atoms with Crippen LogP contribution in [0.3, 0.4) is 0 Å². The van der Waals surface area contributed by atoms with E-state index in [0.29, 0.717) is 6.04 Å².